The second-order valence-electron chi connectivity index (χ2n) is 2.92. The Morgan fingerprint density at radius 3 is 2.17 bits per heavy atom. The van der Waals surface area contributed by atoms with Crippen LogP contribution >= 0.6 is 0 Å². The van der Waals surface area contributed by atoms with Crippen molar-refractivity contribution in [2.24, 2.45) is 0 Å². The van der Waals surface area contributed by atoms with Gasteiger partial charge in [0.2, 0.25) is 0 Å². The van der Waals surface area contributed by atoms with Crippen LogP contribution in [0.1, 0.15) is 19.8 Å². The summed E-state index contributed by atoms with van der Waals surface area (Å²) in [6, 6.07) is 0. The van der Waals surface area contributed by atoms with Gasteiger partial charge in [0.25, 0.3) is 0 Å². The molecule has 0 radical (unpaired) electrons. The molecule has 3 nitrogen and oxygen atoms in total. The van der Waals surface area contributed by atoms with E-state index >= 15 is 0 Å². The fourth-order valence-corrected chi connectivity index (χ4v) is 1.05. The van der Waals surface area contributed by atoms with Gasteiger partial charge in [-0.1, -0.05) is 0 Å². The molecule has 2 unspecified atom stereocenters. The van der Waals surface area contributed by atoms with E-state index in [9.17, 15) is 0 Å². The summed E-state index contributed by atoms with van der Waals surface area (Å²) >= 11 is 0. The number of hydrogen-bond donors (Lipinski definition) is 0. The van der Waals surface area contributed by atoms with E-state index in [0.29, 0.717) is 0 Å². The van der Waals surface area contributed by atoms with Gasteiger partial charge in [0, 0.05) is 27.9 Å². The minimum atomic E-state index is 0.250. The highest BCUT2D eigenvalue weighted by molar-refractivity contribution is 4.61. The van der Waals surface area contributed by atoms with E-state index in [1.54, 1.807) is 21.3 Å². The van der Waals surface area contributed by atoms with E-state index in [2.05, 4.69) is 0 Å². The molecule has 0 heterocycles. The third-order valence-corrected chi connectivity index (χ3v) is 1.97. The van der Waals surface area contributed by atoms with Crippen molar-refractivity contribution in [3.8, 4) is 0 Å². The van der Waals surface area contributed by atoms with Crippen molar-refractivity contribution in [1.82, 2.24) is 0 Å². The number of hydrogen-bond acceptors (Lipinski definition) is 3. The molecule has 0 rings (SSSR count). The van der Waals surface area contributed by atoms with Gasteiger partial charge in [-0.2, -0.15) is 0 Å². The number of ether oxygens (including phenoxy) is 3. The Morgan fingerprint density at radius 1 is 1.08 bits per heavy atom. The summed E-state index contributed by atoms with van der Waals surface area (Å²) in [4.78, 5) is 0. The van der Waals surface area contributed by atoms with Crippen LogP contribution in [0.2, 0.25) is 0 Å². The minimum absolute atomic E-state index is 0.250. The molecule has 74 valence electrons. The molecule has 0 spiro atoms. The second kappa shape index (κ2) is 7.53. The van der Waals surface area contributed by atoms with E-state index in [1.807, 2.05) is 6.92 Å². The maximum absolute atomic E-state index is 5.26. The summed E-state index contributed by atoms with van der Waals surface area (Å²) in [5.41, 5.74) is 0. The first kappa shape index (κ1) is 11.9. The van der Waals surface area contributed by atoms with Crippen molar-refractivity contribution in [2.45, 2.75) is 32.0 Å². The highest BCUT2D eigenvalue weighted by Gasteiger charge is 2.11. The summed E-state index contributed by atoms with van der Waals surface area (Å²) < 4.78 is 15.4. The van der Waals surface area contributed by atoms with Crippen molar-refractivity contribution in [2.75, 3.05) is 27.9 Å². The summed E-state index contributed by atoms with van der Waals surface area (Å²) in [6.45, 7) is 2.79. The van der Waals surface area contributed by atoms with Crippen LogP contribution in [0.25, 0.3) is 0 Å². The number of methoxy groups -OCH3 is 3. The Kier molecular flexibility index (Phi) is 7.45. The average molecular weight is 176 g/mol. The Balaban J connectivity index is 3.51. The monoisotopic (exact) mass is 176 g/mol. The first-order chi connectivity index (χ1) is 5.74. The van der Waals surface area contributed by atoms with Crippen LogP contribution in [0.5, 0.6) is 0 Å². The van der Waals surface area contributed by atoms with Crippen LogP contribution in [0, 0.1) is 0 Å². The molecule has 0 fully saturated rings. The highest BCUT2D eigenvalue weighted by Crippen LogP contribution is 2.08. The van der Waals surface area contributed by atoms with Gasteiger partial charge in [-0.15, -0.1) is 0 Å². The zero-order chi connectivity index (χ0) is 9.40. The standard InChI is InChI=1S/C9H20O3/c1-8(11-3)7-9(12-4)5-6-10-2/h8-9H,5-7H2,1-4H3. The summed E-state index contributed by atoms with van der Waals surface area (Å²) in [7, 11) is 5.14. The van der Waals surface area contributed by atoms with Gasteiger partial charge in [-0.3, -0.25) is 0 Å². The van der Waals surface area contributed by atoms with E-state index in [-0.39, 0.29) is 12.2 Å². The fraction of sp³-hybridized carbons (Fsp3) is 1.00. The van der Waals surface area contributed by atoms with E-state index in [1.165, 1.54) is 0 Å². The third kappa shape index (κ3) is 5.52. The molecule has 0 N–H and O–H groups in total. The Morgan fingerprint density at radius 2 is 1.75 bits per heavy atom. The van der Waals surface area contributed by atoms with Gasteiger partial charge < -0.3 is 14.2 Å². The van der Waals surface area contributed by atoms with Crippen molar-refractivity contribution < 1.29 is 14.2 Å². The van der Waals surface area contributed by atoms with Crippen molar-refractivity contribution in [3.63, 3.8) is 0 Å². The smallest absolute Gasteiger partial charge is 0.0617 e. The average Bonchev–Trinajstić information content (AvgIpc) is 2.11. The van der Waals surface area contributed by atoms with Crippen molar-refractivity contribution in [3.05, 3.63) is 0 Å². The maximum atomic E-state index is 5.26. The van der Waals surface area contributed by atoms with Crippen molar-refractivity contribution in [1.29, 1.82) is 0 Å². The third-order valence-electron chi connectivity index (χ3n) is 1.97. The Hall–Kier alpha value is -0.120. The lowest BCUT2D eigenvalue weighted by atomic mass is 10.1. The van der Waals surface area contributed by atoms with E-state index in [4.69, 9.17) is 14.2 Å². The van der Waals surface area contributed by atoms with Gasteiger partial charge >= 0.3 is 0 Å². The SMILES string of the molecule is COCCC(CC(C)OC)OC. The first-order valence-electron chi connectivity index (χ1n) is 4.29. The molecule has 0 aliphatic carbocycles. The van der Waals surface area contributed by atoms with Crippen LogP contribution in [-0.2, 0) is 14.2 Å². The van der Waals surface area contributed by atoms with Crippen LogP contribution in [0.3, 0.4) is 0 Å². The molecule has 0 aliphatic heterocycles. The van der Waals surface area contributed by atoms with E-state index < -0.39 is 0 Å². The lowest BCUT2D eigenvalue weighted by Gasteiger charge is -2.18. The van der Waals surface area contributed by atoms with Gasteiger partial charge in [0.15, 0.2) is 0 Å². The van der Waals surface area contributed by atoms with Crippen LogP contribution in [-0.4, -0.2) is 40.1 Å². The molecule has 12 heavy (non-hydrogen) atoms. The lowest BCUT2D eigenvalue weighted by Crippen LogP contribution is -2.20. The number of rotatable bonds is 7. The Labute approximate surface area is 75.0 Å². The molecule has 0 aromatic carbocycles. The van der Waals surface area contributed by atoms with Gasteiger partial charge in [0.1, 0.15) is 0 Å². The molecule has 0 saturated heterocycles. The first-order valence-corrected chi connectivity index (χ1v) is 4.29. The zero-order valence-electron chi connectivity index (χ0n) is 8.50. The van der Waals surface area contributed by atoms with E-state index in [0.717, 1.165) is 19.4 Å². The van der Waals surface area contributed by atoms with Crippen LogP contribution in [0.15, 0.2) is 0 Å². The summed E-state index contributed by atoms with van der Waals surface area (Å²) in [5.74, 6) is 0. The zero-order valence-corrected chi connectivity index (χ0v) is 8.50. The highest BCUT2D eigenvalue weighted by atomic mass is 16.5. The predicted octanol–water partition coefficient (Wildman–Crippen LogP) is 1.46. The van der Waals surface area contributed by atoms with Crippen LogP contribution in [0.4, 0.5) is 0 Å². The molecule has 0 aromatic heterocycles. The predicted molar refractivity (Wildman–Crippen MR) is 48.4 cm³/mol. The fourth-order valence-electron chi connectivity index (χ4n) is 1.05. The molecule has 0 aliphatic rings. The van der Waals surface area contributed by atoms with Crippen molar-refractivity contribution >= 4 is 0 Å². The van der Waals surface area contributed by atoms with Gasteiger partial charge in [-0.05, 0) is 19.8 Å². The van der Waals surface area contributed by atoms with Gasteiger partial charge in [0.05, 0.1) is 12.2 Å². The molecule has 0 saturated carbocycles. The lowest BCUT2D eigenvalue weighted by molar-refractivity contribution is 0.0146. The molecule has 0 bridgehead atoms. The molecular weight excluding hydrogens is 156 g/mol. The Bertz CT molecular complexity index is 95.8. The van der Waals surface area contributed by atoms with Crippen LogP contribution < -0.4 is 0 Å². The molecular formula is C9H20O3. The second-order valence-corrected chi connectivity index (χ2v) is 2.92. The molecule has 0 amide bonds. The topological polar surface area (TPSA) is 27.7 Å². The quantitative estimate of drug-likeness (QED) is 0.588. The van der Waals surface area contributed by atoms with Gasteiger partial charge in [-0.25, -0.2) is 0 Å². The summed E-state index contributed by atoms with van der Waals surface area (Å²) in [6.07, 6.45) is 2.36. The molecule has 2 atom stereocenters. The summed E-state index contributed by atoms with van der Waals surface area (Å²) in [5, 5.41) is 0. The largest absolute Gasteiger partial charge is 0.385 e. The maximum Gasteiger partial charge on any atom is 0.0617 e. The molecule has 3 heteroatoms. The molecule has 0 aromatic rings. The minimum Gasteiger partial charge on any atom is -0.385 e. The normalized spacial score (nSPS) is 16.0.